The zero-order valence-electron chi connectivity index (χ0n) is 9.38. The lowest BCUT2D eigenvalue weighted by molar-refractivity contribution is -0.137. The minimum absolute atomic E-state index is 0.128. The molecule has 1 aromatic rings. The molecule has 0 aliphatic heterocycles. The third kappa shape index (κ3) is 5.78. The van der Waals surface area contributed by atoms with Gasteiger partial charge in [0.05, 0.1) is 5.56 Å². The number of halogens is 3. The highest BCUT2D eigenvalue weighted by atomic mass is 31.1. The molecule has 1 N–H and O–H groups in total. The van der Waals surface area contributed by atoms with Crippen LogP contribution in [0.15, 0.2) is 24.3 Å². The molecule has 19 heavy (non-hydrogen) atoms. The Bertz CT molecular complexity index is 474. The highest BCUT2D eigenvalue weighted by molar-refractivity contribution is 7.32. The first-order valence-corrected chi connectivity index (χ1v) is 6.03. The van der Waals surface area contributed by atoms with Crippen molar-refractivity contribution in [3.8, 4) is 5.75 Å². The molecule has 1 atom stereocenters. The zero-order valence-corrected chi connectivity index (χ0v) is 10.3. The van der Waals surface area contributed by atoms with E-state index in [2.05, 4.69) is 4.52 Å². The predicted octanol–water partition coefficient (Wildman–Crippen LogP) is 2.32. The summed E-state index contributed by atoms with van der Waals surface area (Å²) in [6.07, 6.45) is -4.50. The van der Waals surface area contributed by atoms with Crippen molar-refractivity contribution in [1.82, 2.24) is 0 Å². The molecule has 0 aliphatic rings. The Morgan fingerprint density at radius 2 is 2.00 bits per heavy atom. The van der Waals surface area contributed by atoms with Gasteiger partial charge in [-0.2, -0.15) is 13.2 Å². The predicted molar refractivity (Wildman–Crippen MR) is 57.7 cm³/mol. The maximum Gasteiger partial charge on any atom is 0.695 e. The maximum atomic E-state index is 12.4. The van der Waals surface area contributed by atoms with Crippen LogP contribution in [0, 0.1) is 0 Å². The molecule has 0 heterocycles. The highest BCUT2D eigenvalue weighted by Crippen LogP contribution is 2.31. The third-order valence-corrected chi connectivity index (χ3v) is 2.25. The van der Waals surface area contributed by atoms with Gasteiger partial charge in [-0.15, -0.1) is 9.42 Å². The van der Waals surface area contributed by atoms with E-state index in [9.17, 15) is 22.5 Å². The van der Waals surface area contributed by atoms with Crippen molar-refractivity contribution in [1.29, 1.82) is 0 Å². The van der Waals surface area contributed by atoms with Crippen molar-refractivity contribution in [2.45, 2.75) is 6.18 Å². The van der Waals surface area contributed by atoms with E-state index in [4.69, 9.17) is 9.63 Å². The molecule has 5 nitrogen and oxygen atoms in total. The summed E-state index contributed by atoms with van der Waals surface area (Å²) in [5.74, 6) is -0.800. The van der Waals surface area contributed by atoms with Gasteiger partial charge in [-0.25, -0.2) is 0 Å². The molecule has 9 heteroatoms. The SMILES string of the molecule is O=C(COc1cccc(C(F)(F)F)c1)CO[P+](=O)O. The van der Waals surface area contributed by atoms with Crippen molar-refractivity contribution in [3.63, 3.8) is 0 Å². The van der Waals surface area contributed by atoms with Crippen LogP contribution >= 0.6 is 8.25 Å². The second-order valence-electron chi connectivity index (χ2n) is 3.36. The molecule has 0 bridgehead atoms. The van der Waals surface area contributed by atoms with Gasteiger partial charge in [0.2, 0.25) is 5.78 Å². The highest BCUT2D eigenvalue weighted by Gasteiger charge is 2.30. The number of ether oxygens (including phenoxy) is 1. The Morgan fingerprint density at radius 3 is 2.58 bits per heavy atom. The molecule has 0 spiro atoms. The molecule has 0 amide bonds. The molecular weight excluding hydrogens is 288 g/mol. The quantitative estimate of drug-likeness (QED) is 0.816. The Labute approximate surface area is 106 Å². The summed E-state index contributed by atoms with van der Waals surface area (Å²) >= 11 is 0. The number of hydrogen-bond acceptors (Lipinski definition) is 4. The normalized spacial score (nSPS) is 12.1. The van der Waals surface area contributed by atoms with Gasteiger partial charge in [-0.1, -0.05) is 6.07 Å². The minimum atomic E-state index is -4.50. The lowest BCUT2D eigenvalue weighted by Gasteiger charge is -2.09. The van der Waals surface area contributed by atoms with Crippen molar-refractivity contribution >= 4 is 14.0 Å². The Morgan fingerprint density at radius 1 is 1.32 bits per heavy atom. The minimum Gasteiger partial charge on any atom is -0.486 e. The third-order valence-electron chi connectivity index (χ3n) is 1.90. The fourth-order valence-electron chi connectivity index (χ4n) is 1.09. The number of carbonyl (C=O) groups is 1. The smallest absolute Gasteiger partial charge is 0.486 e. The Kier molecular flexibility index (Phi) is 5.41. The number of alkyl halides is 3. The number of benzene rings is 1. The molecule has 0 fully saturated rings. The first kappa shape index (κ1) is 15.6. The zero-order chi connectivity index (χ0) is 14.5. The summed E-state index contributed by atoms with van der Waals surface area (Å²) in [6.45, 7) is -1.20. The van der Waals surface area contributed by atoms with Crippen LogP contribution in [0.3, 0.4) is 0 Å². The molecule has 0 saturated heterocycles. The molecule has 0 saturated carbocycles. The monoisotopic (exact) mass is 297 g/mol. The average Bonchev–Trinajstić information content (AvgIpc) is 2.33. The lowest BCUT2D eigenvalue weighted by atomic mass is 10.2. The largest absolute Gasteiger partial charge is 0.695 e. The fourth-order valence-corrected chi connectivity index (χ4v) is 1.35. The van der Waals surface area contributed by atoms with Crippen LogP contribution in [0.1, 0.15) is 5.56 Å². The van der Waals surface area contributed by atoms with Crippen LogP contribution in [0.2, 0.25) is 0 Å². The van der Waals surface area contributed by atoms with Gasteiger partial charge < -0.3 is 4.74 Å². The molecular formula is C10H9F3O5P+. The fraction of sp³-hybridized carbons (Fsp3) is 0.300. The summed E-state index contributed by atoms with van der Waals surface area (Å²) in [5, 5.41) is 0. The summed E-state index contributed by atoms with van der Waals surface area (Å²) in [4.78, 5) is 19.4. The number of carbonyl (C=O) groups excluding carboxylic acids is 1. The van der Waals surface area contributed by atoms with Crippen molar-refractivity contribution in [2.75, 3.05) is 13.2 Å². The van der Waals surface area contributed by atoms with Crippen molar-refractivity contribution in [2.24, 2.45) is 0 Å². The summed E-state index contributed by atoms with van der Waals surface area (Å²) < 4.78 is 56.2. The second-order valence-corrected chi connectivity index (χ2v) is 4.10. The molecule has 0 aliphatic carbocycles. The van der Waals surface area contributed by atoms with Gasteiger partial charge in [0, 0.05) is 4.57 Å². The molecule has 0 radical (unpaired) electrons. The standard InChI is InChI=1S/C10H8F3O5P/c11-10(12,13)7-2-1-3-9(4-7)17-5-8(14)6-18-19(15)16/h1-4H,5-6H2/p+1. The van der Waals surface area contributed by atoms with Crippen LogP contribution in [0.25, 0.3) is 0 Å². The van der Waals surface area contributed by atoms with Crippen molar-refractivity contribution < 1.29 is 36.7 Å². The number of rotatable bonds is 6. The summed E-state index contributed by atoms with van der Waals surface area (Å²) in [5.41, 5.74) is -0.896. The van der Waals surface area contributed by atoms with E-state index in [1.165, 1.54) is 6.07 Å². The number of Topliss-reactive ketones (excluding diaryl/α,β-unsaturated/α-hetero) is 1. The number of ketones is 1. The first-order chi connectivity index (χ1) is 8.79. The van der Waals surface area contributed by atoms with Gasteiger partial charge in [0.15, 0.2) is 6.61 Å². The van der Waals surface area contributed by atoms with E-state index in [1.54, 1.807) is 0 Å². The van der Waals surface area contributed by atoms with Crippen LogP contribution in [0.5, 0.6) is 5.75 Å². The molecule has 1 rings (SSSR count). The van der Waals surface area contributed by atoms with Crippen LogP contribution in [-0.4, -0.2) is 23.9 Å². The second kappa shape index (κ2) is 6.60. The summed E-state index contributed by atoms with van der Waals surface area (Å²) in [6, 6.07) is 4.02. The van der Waals surface area contributed by atoms with Crippen LogP contribution in [0.4, 0.5) is 13.2 Å². The summed E-state index contributed by atoms with van der Waals surface area (Å²) in [7, 11) is -2.89. The van der Waals surface area contributed by atoms with Crippen molar-refractivity contribution in [3.05, 3.63) is 29.8 Å². The average molecular weight is 297 g/mol. The maximum absolute atomic E-state index is 12.4. The van der Waals surface area contributed by atoms with Crippen LogP contribution < -0.4 is 4.74 Å². The topological polar surface area (TPSA) is 72.8 Å². The van der Waals surface area contributed by atoms with Gasteiger partial charge in [-0.3, -0.25) is 4.79 Å². The molecule has 1 aromatic carbocycles. The van der Waals surface area contributed by atoms with Crippen LogP contribution in [-0.2, 0) is 20.1 Å². The number of hydrogen-bond donors (Lipinski definition) is 1. The van der Waals surface area contributed by atoms with Gasteiger partial charge in [-0.05, 0) is 18.2 Å². The van der Waals surface area contributed by atoms with Gasteiger partial charge in [0.25, 0.3) is 0 Å². The van der Waals surface area contributed by atoms with E-state index in [0.29, 0.717) is 0 Å². The van der Waals surface area contributed by atoms with E-state index < -0.39 is 39.0 Å². The van der Waals surface area contributed by atoms with E-state index in [-0.39, 0.29) is 5.75 Å². The van der Waals surface area contributed by atoms with Gasteiger partial charge in [0.1, 0.15) is 12.4 Å². The molecule has 104 valence electrons. The molecule has 1 unspecified atom stereocenters. The van der Waals surface area contributed by atoms with Gasteiger partial charge >= 0.3 is 14.4 Å². The van der Waals surface area contributed by atoms with E-state index in [1.807, 2.05) is 0 Å². The van der Waals surface area contributed by atoms with E-state index >= 15 is 0 Å². The Balaban J connectivity index is 2.54. The van der Waals surface area contributed by atoms with E-state index in [0.717, 1.165) is 18.2 Å². The first-order valence-electron chi connectivity index (χ1n) is 4.90. The lowest BCUT2D eigenvalue weighted by Crippen LogP contribution is -2.16. The Hall–Kier alpha value is -1.50. The molecule has 0 aromatic heterocycles.